The Morgan fingerprint density at radius 2 is 1.76 bits per heavy atom. The van der Waals surface area contributed by atoms with Gasteiger partial charge in [0.2, 0.25) is 5.91 Å². The second-order valence-electron chi connectivity index (χ2n) is 7.26. The Morgan fingerprint density at radius 1 is 1.03 bits per heavy atom. The molecular formula is C21H25N5O3. The molecule has 0 radical (unpaired) electrons. The van der Waals surface area contributed by atoms with E-state index in [9.17, 15) is 9.59 Å². The number of carbonyl (C=O) groups is 2. The number of amides is 2. The van der Waals surface area contributed by atoms with Crippen LogP contribution in [-0.2, 0) is 4.79 Å². The highest BCUT2D eigenvalue weighted by molar-refractivity contribution is 5.94. The molecule has 2 amide bonds. The van der Waals surface area contributed by atoms with Crippen molar-refractivity contribution in [3.05, 3.63) is 59.9 Å². The molecule has 0 bridgehead atoms. The number of rotatable bonds is 4. The Morgan fingerprint density at radius 3 is 2.48 bits per heavy atom. The average Bonchev–Trinajstić information content (AvgIpc) is 3.29. The summed E-state index contributed by atoms with van der Waals surface area (Å²) in [7, 11) is 1.58. The quantitative estimate of drug-likeness (QED) is 0.803. The van der Waals surface area contributed by atoms with Gasteiger partial charge in [-0.3, -0.25) is 14.6 Å². The van der Waals surface area contributed by atoms with E-state index in [1.54, 1.807) is 36.5 Å². The normalized spacial score (nSPS) is 21.8. The average molecular weight is 395 g/mol. The molecule has 2 aromatic rings. The molecule has 3 heterocycles. The van der Waals surface area contributed by atoms with Crippen molar-refractivity contribution in [3.8, 4) is 5.75 Å². The number of nitrogens with one attached hydrogen (secondary N) is 2. The summed E-state index contributed by atoms with van der Waals surface area (Å²) >= 11 is 0. The van der Waals surface area contributed by atoms with Gasteiger partial charge in [0, 0.05) is 50.2 Å². The molecule has 1 aromatic heterocycles. The highest BCUT2D eigenvalue weighted by Crippen LogP contribution is 2.23. The zero-order valence-corrected chi connectivity index (χ0v) is 16.4. The molecule has 0 saturated carbocycles. The van der Waals surface area contributed by atoms with E-state index in [2.05, 4.69) is 15.8 Å². The van der Waals surface area contributed by atoms with Crippen LogP contribution in [0, 0.1) is 0 Å². The minimum Gasteiger partial charge on any atom is -0.497 e. The van der Waals surface area contributed by atoms with Crippen molar-refractivity contribution < 1.29 is 14.3 Å². The first-order chi connectivity index (χ1) is 14.2. The fourth-order valence-corrected chi connectivity index (χ4v) is 3.82. The minimum absolute atomic E-state index is 0.0330. The first kappa shape index (κ1) is 19.4. The van der Waals surface area contributed by atoms with Crippen LogP contribution in [-0.4, -0.2) is 65.9 Å². The van der Waals surface area contributed by atoms with Gasteiger partial charge in [-0.05, 0) is 42.3 Å². The number of hydrogen-bond donors (Lipinski definition) is 2. The molecule has 2 N–H and O–H groups in total. The van der Waals surface area contributed by atoms with Gasteiger partial charge in [0.1, 0.15) is 11.8 Å². The zero-order valence-electron chi connectivity index (χ0n) is 16.4. The molecule has 2 atom stereocenters. The number of pyridine rings is 1. The van der Waals surface area contributed by atoms with E-state index in [1.165, 1.54) is 0 Å². The molecule has 2 unspecified atom stereocenters. The minimum atomic E-state index is -0.270. The number of methoxy groups -OCH3 is 1. The summed E-state index contributed by atoms with van der Waals surface area (Å²) in [6, 6.07) is 10.9. The fourth-order valence-electron chi connectivity index (χ4n) is 3.82. The number of ether oxygens (including phenoxy) is 1. The predicted molar refractivity (Wildman–Crippen MR) is 107 cm³/mol. The molecule has 2 fully saturated rings. The van der Waals surface area contributed by atoms with Gasteiger partial charge in [0.15, 0.2) is 0 Å². The van der Waals surface area contributed by atoms with Gasteiger partial charge < -0.3 is 14.5 Å². The first-order valence-corrected chi connectivity index (χ1v) is 9.79. The Bertz CT molecular complexity index is 868. The molecule has 152 valence electrons. The van der Waals surface area contributed by atoms with Gasteiger partial charge in [-0.15, -0.1) is 0 Å². The van der Waals surface area contributed by atoms with Crippen LogP contribution in [0.15, 0.2) is 48.8 Å². The second-order valence-corrected chi connectivity index (χ2v) is 7.26. The molecule has 2 aliphatic rings. The highest BCUT2D eigenvalue weighted by atomic mass is 16.5. The van der Waals surface area contributed by atoms with Crippen LogP contribution >= 0.6 is 0 Å². The molecule has 2 aliphatic heterocycles. The van der Waals surface area contributed by atoms with Crippen molar-refractivity contribution in [3.63, 3.8) is 0 Å². The lowest BCUT2D eigenvalue weighted by Gasteiger charge is -2.36. The van der Waals surface area contributed by atoms with Crippen molar-refractivity contribution in [2.45, 2.75) is 18.5 Å². The van der Waals surface area contributed by atoms with Gasteiger partial charge in [-0.2, -0.15) is 0 Å². The smallest absolute Gasteiger partial charge is 0.254 e. The summed E-state index contributed by atoms with van der Waals surface area (Å²) in [5, 5.41) is 0. The Kier molecular flexibility index (Phi) is 5.73. The summed E-state index contributed by atoms with van der Waals surface area (Å²) in [4.78, 5) is 33.3. The van der Waals surface area contributed by atoms with Crippen molar-refractivity contribution in [1.82, 2.24) is 25.6 Å². The lowest BCUT2D eigenvalue weighted by molar-refractivity contribution is -0.134. The summed E-state index contributed by atoms with van der Waals surface area (Å²) in [5.74, 6) is 0.699. The fraction of sp³-hybridized carbons (Fsp3) is 0.381. The molecule has 2 saturated heterocycles. The number of carbonyl (C=O) groups excluding carboxylic acids is 2. The van der Waals surface area contributed by atoms with Crippen LogP contribution in [0.2, 0.25) is 0 Å². The topological polar surface area (TPSA) is 86.8 Å². The summed E-state index contributed by atoms with van der Waals surface area (Å²) in [5.41, 5.74) is 8.03. The maximum atomic E-state index is 12.9. The SMILES string of the molecule is COc1cccc(C(=O)N2CCN(C(=O)C3CC(c4ccncc4)NN3)CC2)c1. The summed E-state index contributed by atoms with van der Waals surface area (Å²) < 4.78 is 5.20. The van der Waals surface area contributed by atoms with Gasteiger partial charge in [-0.25, -0.2) is 10.9 Å². The highest BCUT2D eigenvalue weighted by Gasteiger charge is 2.34. The third-order valence-electron chi connectivity index (χ3n) is 5.51. The van der Waals surface area contributed by atoms with E-state index >= 15 is 0 Å². The maximum absolute atomic E-state index is 12.9. The van der Waals surface area contributed by atoms with Crippen LogP contribution in [0.4, 0.5) is 0 Å². The molecule has 1 aromatic carbocycles. The number of piperazine rings is 1. The monoisotopic (exact) mass is 395 g/mol. The van der Waals surface area contributed by atoms with Crippen LogP contribution < -0.4 is 15.6 Å². The van der Waals surface area contributed by atoms with E-state index in [0.717, 1.165) is 5.56 Å². The molecule has 4 rings (SSSR count). The van der Waals surface area contributed by atoms with Crippen molar-refractivity contribution in [2.75, 3.05) is 33.3 Å². The number of hydrazine groups is 1. The van der Waals surface area contributed by atoms with E-state index in [-0.39, 0.29) is 23.9 Å². The molecule has 0 spiro atoms. The first-order valence-electron chi connectivity index (χ1n) is 9.79. The Balaban J connectivity index is 1.31. The lowest BCUT2D eigenvalue weighted by atomic mass is 10.0. The Hall–Kier alpha value is -2.97. The Labute approximate surface area is 169 Å². The van der Waals surface area contributed by atoms with Gasteiger partial charge in [0.05, 0.1) is 7.11 Å². The number of hydrogen-bond acceptors (Lipinski definition) is 6. The van der Waals surface area contributed by atoms with Crippen molar-refractivity contribution in [2.24, 2.45) is 0 Å². The number of benzene rings is 1. The van der Waals surface area contributed by atoms with Gasteiger partial charge in [-0.1, -0.05) is 6.07 Å². The van der Waals surface area contributed by atoms with Crippen LogP contribution in [0.5, 0.6) is 5.75 Å². The van der Waals surface area contributed by atoms with Crippen molar-refractivity contribution in [1.29, 1.82) is 0 Å². The van der Waals surface area contributed by atoms with E-state index in [0.29, 0.717) is 43.9 Å². The number of aromatic nitrogens is 1. The second kappa shape index (κ2) is 8.59. The summed E-state index contributed by atoms with van der Waals surface area (Å²) in [6.07, 6.45) is 4.20. The van der Waals surface area contributed by atoms with E-state index < -0.39 is 0 Å². The third-order valence-corrected chi connectivity index (χ3v) is 5.51. The molecule has 8 nitrogen and oxygen atoms in total. The standard InChI is InChI=1S/C21H25N5O3/c1-29-17-4-2-3-16(13-17)20(27)25-9-11-26(12-10-25)21(28)19-14-18(23-24-19)15-5-7-22-8-6-15/h2-8,13,18-19,23-24H,9-12,14H2,1H3. The molecular weight excluding hydrogens is 370 g/mol. The lowest BCUT2D eigenvalue weighted by Crippen LogP contribution is -2.54. The van der Waals surface area contributed by atoms with Gasteiger partial charge >= 0.3 is 0 Å². The maximum Gasteiger partial charge on any atom is 0.254 e. The van der Waals surface area contributed by atoms with Crippen molar-refractivity contribution >= 4 is 11.8 Å². The zero-order chi connectivity index (χ0) is 20.2. The number of nitrogens with zero attached hydrogens (tertiary/aromatic N) is 3. The van der Waals surface area contributed by atoms with E-state index in [4.69, 9.17) is 4.74 Å². The molecule has 0 aliphatic carbocycles. The third kappa shape index (κ3) is 4.23. The largest absolute Gasteiger partial charge is 0.497 e. The van der Waals surface area contributed by atoms with Crippen LogP contribution in [0.25, 0.3) is 0 Å². The molecule has 29 heavy (non-hydrogen) atoms. The summed E-state index contributed by atoms with van der Waals surface area (Å²) in [6.45, 7) is 2.12. The van der Waals surface area contributed by atoms with Crippen LogP contribution in [0.1, 0.15) is 28.4 Å². The predicted octanol–water partition coefficient (Wildman–Crippen LogP) is 0.982. The van der Waals surface area contributed by atoms with Crippen LogP contribution in [0.3, 0.4) is 0 Å². The van der Waals surface area contributed by atoms with Gasteiger partial charge in [0.25, 0.3) is 5.91 Å². The molecule has 8 heteroatoms. The van der Waals surface area contributed by atoms with E-state index in [1.807, 2.05) is 29.2 Å².